The van der Waals surface area contributed by atoms with E-state index < -0.39 is 22.0 Å². The number of thiophene rings is 1. The number of aliphatic carboxylic acids is 1. The first kappa shape index (κ1) is 16.1. The molecule has 1 atom stereocenters. The smallest absolute Gasteiger partial charge is 0.321 e. The number of unbranched alkanes of at least 4 members (excludes halogenated alkanes) is 1. The fraction of sp³-hybridized carbons (Fsp3) is 0.583. The third-order valence-corrected chi connectivity index (χ3v) is 5.95. The Hall–Kier alpha value is -0.920. The summed E-state index contributed by atoms with van der Waals surface area (Å²) in [5, 5.41) is 9.05. The Morgan fingerprint density at radius 3 is 2.53 bits per heavy atom. The van der Waals surface area contributed by atoms with Crippen LogP contribution in [0.15, 0.2) is 10.3 Å². The van der Waals surface area contributed by atoms with Crippen molar-refractivity contribution in [2.24, 2.45) is 0 Å². The van der Waals surface area contributed by atoms with Gasteiger partial charge in [-0.3, -0.25) is 4.79 Å². The number of carboxylic acids is 1. The van der Waals surface area contributed by atoms with Crippen LogP contribution in [0.4, 0.5) is 0 Å². The largest absolute Gasteiger partial charge is 0.480 e. The Labute approximate surface area is 117 Å². The van der Waals surface area contributed by atoms with Crippen molar-refractivity contribution >= 4 is 27.3 Å². The highest BCUT2D eigenvalue weighted by molar-refractivity contribution is 7.91. The van der Waals surface area contributed by atoms with Gasteiger partial charge in [-0.25, -0.2) is 8.42 Å². The summed E-state index contributed by atoms with van der Waals surface area (Å²) in [5.41, 5.74) is 0.894. The van der Waals surface area contributed by atoms with E-state index in [0.29, 0.717) is 12.8 Å². The topological polar surface area (TPSA) is 83.5 Å². The fourth-order valence-electron chi connectivity index (χ4n) is 1.56. The summed E-state index contributed by atoms with van der Waals surface area (Å²) in [6, 6.07) is 0.508. The van der Waals surface area contributed by atoms with Crippen molar-refractivity contribution in [1.29, 1.82) is 0 Å². The molecule has 0 saturated heterocycles. The van der Waals surface area contributed by atoms with Gasteiger partial charge in [0.1, 0.15) is 10.3 Å². The minimum atomic E-state index is -3.75. The highest BCUT2D eigenvalue weighted by atomic mass is 32.2. The summed E-state index contributed by atoms with van der Waals surface area (Å²) in [4.78, 5) is 12.0. The highest BCUT2D eigenvalue weighted by Gasteiger charge is 2.26. The molecule has 0 bridgehead atoms. The Kier molecular flexibility index (Phi) is 5.51. The normalized spacial score (nSPS) is 13.4. The van der Waals surface area contributed by atoms with Gasteiger partial charge in [-0.15, -0.1) is 11.3 Å². The molecule has 0 fully saturated rings. The second kappa shape index (κ2) is 6.49. The van der Waals surface area contributed by atoms with E-state index in [1.807, 2.05) is 20.8 Å². The maximum Gasteiger partial charge on any atom is 0.321 e. The maximum absolute atomic E-state index is 12.1. The minimum absolute atomic E-state index is 0.172. The number of carbonyl (C=O) groups is 1. The van der Waals surface area contributed by atoms with Gasteiger partial charge in [0.25, 0.3) is 10.0 Å². The number of sulfonamides is 1. The number of aryl methyl sites for hydroxylation is 2. The Bertz CT molecular complexity index is 529. The molecule has 1 aromatic heterocycles. The van der Waals surface area contributed by atoms with Crippen molar-refractivity contribution in [1.82, 2.24) is 4.72 Å². The minimum Gasteiger partial charge on any atom is -0.480 e. The Morgan fingerprint density at radius 2 is 2.11 bits per heavy atom. The van der Waals surface area contributed by atoms with Gasteiger partial charge in [0.05, 0.1) is 0 Å². The first-order valence-corrected chi connectivity index (χ1v) is 8.40. The van der Waals surface area contributed by atoms with Crippen molar-refractivity contribution in [2.45, 2.75) is 50.3 Å². The summed E-state index contributed by atoms with van der Waals surface area (Å²) in [6.45, 7) is 5.60. The summed E-state index contributed by atoms with van der Waals surface area (Å²) in [5.74, 6) is -1.14. The zero-order chi connectivity index (χ0) is 14.6. The van der Waals surface area contributed by atoms with Crippen molar-refractivity contribution in [3.8, 4) is 0 Å². The molecule has 19 heavy (non-hydrogen) atoms. The first-order valence-electron chi connectivity index (χ1n) is 6.10. The third kappa shape index (κ3) is 4.29. The Balaban J connectivity index is 2.90. The fourth-order valence-corrected chi connectivity index (χ4v) is 4.31. The van der Waals surface area contributed by atoms with Crippen LogP contribution in [0.25, 0.3) is 0 Å². The molecule has 108 valence electrons. The number of nitrogens with one attached hydrogen (secondary N) is 1. The van der Waals surface area contributed by atoms with Gasteiger partial charge in [-0.2, -0.15) is 4.72 Å². The van der Waals surface area contributed by atoms with E-state index in [0.717, 1.165) is 28.2 Å². The molecule has 0 aliphatic rings. The quantitative estimate of drug-likeness (QED) is 0.809. The van der Waals surface area contributed by atoms with Crippen LogP contribution in [-0.2, 0) is 14.8 Å². The van der Waals surface area contributed by atoms with Gasteiger partial charge in [0.2, 0.25) is 0 Å². The third-order valence-electron chi connectivity index (χ3n) is 2.85. The van der Waals surface area contributed by atoms with Crippen molar-refractivity contribution in [3.05, 3.63) is 16.5 Å². The molecular formula is C12H19NO4S2. The standard InChI is InChI=1S/C12H19NO4S2/c1-4-5-6-10(12(14)15)13-19(16,17)11-7-8(2)9(3)18-11/h7,10,13H,4-6H2,1-3H3,(H,14,15)/t10-/m0/s1. The Morgan fingerprint density at radius 1 is 1.47 bits per heavy atom. The molecule has 2 N–H and O–H groups in total. The molecule has 0 aromatic carbocycles. The van der Waals surface area contributed by atoms with Crippen LogP contribution in [0.3, 0.4) is 0 Å². The second-order valence-corrected chi connectivity index (χ2v) is 7.66. The van der Waals surface area contributed by atoms with Gasteiger partial charge < -0.3 is 5.11 Å². The summed E-state index contributed by atoms with van der Waals surface area (Å²) in [6.07, 6.45) is 1.79. The van der Waals surface area contributed by atoms with Crippen LogP contribution < -0.4 is 4.72 Å². The van der Waals surface area contributed by atoms with Crippen molar-refractivity contribution in [3.63, 3.8) is 0 Å². The molecule has 1 aromatic rings. The lowest BCUT2D eigenvalue weighted by molar-refractivity contribution is -0.139. The van der Waals surface area contributed by atoms with Gasteiger partial charge in [-0.1, -0.05) is 19.8 Å². The molecule has 1 heterocycles. The van der Waals surface area contributed by atoms with Gasteiger partial charge in [0, 0.05) is 4.88 Å². The lowest BCUT2D eigenvalue weighted by atomic mass is 10.1. The summed E-state index contributed by atoms with van der Waals surface area (Å²) < 4.78 is 26.7. The van der Waals surface area contributed by atoms with Crippen LogP contribution in [0, 0.1) is 13.8 Å². The van der Waals surface area contributed by atoms with E-state index >= 15 is 0 Å². The predicted octanol–water partition coefficient (Wildman–Crippen LogP) is 2.29. The average Bonchev–Trinajstić information content (AvgIpc) is 2.65. The monoisotopic (exact) mass is 305 g/mol. The maximum atomic E-state index is 12.1. The van der Waals surface area contributed by atoms with E-state index in [4.69, 9.17) is 5.11 Å². The van der Waals surface area contributed by atoms with E-state index in [2.05, 4.69) is 4.72 Å². The summed E-state index contributed by atoms with van der Waals surface area (Å²) >= 11 is 1.16. The van der Waals surface area contributed by atoms with Crippen LogP contribution in [-0.4, -0.2) is 25.5 Å². The van der Waals surface area contributed by atoms with Gasteiger partial charge in [0.15, 0.2) is 0 Å². The van der Waals surface area contributed by atoms with Crippen molar-refractivity contribution < 1.29 is 18.3 Å². The highest BCUT2D eigenvalue weighted by Crippen LogP contribution is 2.25. The molecular weight excluding hydrogens is 286 g/mol. The zero-order valence-corrected chi connectivity index (χ0v) is 12.9. The molecule has 0 aliphatic heterocycles. The molecule has 1 rings (SSSR count). The second-order valence-electron chi connectivity index (χ2n) is 4.46. The molecule has 5 nitrogen and oxygen atoms in total. The number of carboxylic acid groups (broad SMARTS) is 1. The molecule has 0 aliphatic carbocycles. The molecule has 0 saturated carbocycles. The van der Waals surface area contributed by atoms with Crippen LogP contribution >= 0.6 is 11.3 Å². The number of hydrogen-bond donors (Lipinski definition) is 2. The van der Waals surface area contributed by atoms with E-state index in [1.165, 1.54) is 0 Å². The SMILES string of the molecule is CCCC[C@H](NS(=O)(=O)c1cc(C)c(C)s1)C(=O)O. The zero-order valence-electron chi connectivity index (χ0n) is 11.3. The average molecular weight is 305 g/mol. The predicted molar refractivity (Wildman–Crippen MR) is 75.1 cm³/mol. The molecule has 0 radical (unpaired) electrons. The lowest BCUT2D eigenvalue weighted by Crippen LogP contribution is -2.40. The van der Waals surface area contributed by atoms with E-state index in [9.17, 15) is 13.2 Å². The van der Waals surface area contributed by atoms with Crippen molar-refractivity contribution in [2.75, 3.05) is 0 Å². The number of rotatable bonds is 7. The van der Waals surface area contributed by atoms with Gasteiger partial charge >= 0.3 is 5.97 Å². The molecule has 0 spiro atoms. The summed E-state index contributed by atoms with van der Waals surface area (Å²) in [7, 11) is -3.75. The molecule has 0 unspecified atom stereocenters. The van der Waals surface area contributed by atoms with Gasteiger partial charge in [-0.05, 0) is 31.9 Å². The first-order chi connectivity index (χ1) is 8.77. The lowest BCUT2D eigenvalue weighted by Gasteiger charge is -2.13. The molecule has 7 heteroatoms. The van der Waals surface area contributed by atoms with E-state index in [-0.39, 0.29) is 4.21 Å². The molecule has 0 amide bonds. The number of hydrogen-bond acceptors (Lipinski definition) is 4. The van der Waals surface area contributed by atoms with Crippen LogP contribution in [0.2, 0.25) is 0 Å². The van der Waals surface area contributed by atoms with Crippen LogP contribution in [0.5, 0.6) is 0 Å². The van der Waals surface area contributed by atoms with Crippen LogP contribution in [0.1, 0.15) is 36.6 Å². The van der Waals surface area contributed by atoms with E-state index in [1.54, 1.807) is 6.07 Å².